The van der Waals surface area contributed by atoms with Crippen molar-refractivity contribution in [3.8, 4) is 0 Å². The van der Waals surface area contributed by atoms with Gasteiger partial charge < -0.3 is 9.88 Å². The first-order valence-electron chi connectivity index (χ1n) is 8.76. The van der Waals surface area contributed by atoms with Gasteiger partial charge in [0.15, 0.2) is 5.16 Å². The number of thioether (sulfide) groups is 1. The Labute approximate surface area is 161 Å². The van der Waals surface area contributed by atoms with Crippen LogP contribution in [0.25, 0.3) is 0 Å². The third kappa shape index (κ3) is 3.53. The quantitative estimate of drug-likeness (QED) is 0.558. The van der Waals surface area contributed by atoms with Crippen LogP contribution < -0.4 is 10.9 Å². The molecule has 1 atom stereocenters. The number of hydrogen-bond donors (Lipinski definition) is 1. The van der Waals surface area contributed by atoms with Gasteiger partial charge in [0, 0.05) is 25.1 Å². The molecule has 1 N–H and O–H groups in total. The van der Waals surface area contributed by atoms with E-state index in [1.165, 1.54) is 11.8 Å². The Morgan fingerprint density at radius 3 is 2.44 bits per heavy atom. The van der Waals surface area contributed by atoms with Gasteiger partial charge in [0.2, 0.25) is 5.91 Å². The number of carbonyl (C=O) groups excluding carboxylic acids is 1. The lowest BCUT2D eigenvalue weighted by Gasteiger charge is -2.27. The van der Waals surface area contributed by atoms with Crippen molar-refractivity contribution in [1.29, 1.82) is 0 Å². The lowest BCUT2D eigenvalue weighted by molar-refractivity contribution is -0.116. The Kier molecular flexibility index (Phi) is 4.81. The summed E-state index contributed by atoms with van der Waals surface area (Å²) in [6.45, 7) is 0. The molecule has 4 rings (SSSR count). The number of carbonyl (C=O) groups is 1. The summed E-state index contributed by atoms with van der Waals surface area (Å²) in [5.41, 5.74) is 2.40. The number of anilines is 1. The molecule has 0 fully saturated rings. The molecule has 2 aromatic carbocycles. The number of benzene rings is 2. The van der Waals surface area contributed by atoms with Crippen LogP contribution in [0.4, 0.5) is 5.82 Å². The zero-order valence-electron chi connectivity index (χ0n) is 14.9. The molecule has 5 nitrogen and oxygen atoms in total. The summed E-state index contributed by atoms with van der Waals surface area (Å²) in [6, 6.07) is 19.7. The number of nitrogens with zero attached hydrogens (tertiary/aromatic N) is 2. The van der Waals surface area contributed by atoms with Gasteiger partial charge in [0.1, 0.15) is 5.82 Å². The summed E-state index contributed by atoms with van der Waals surface area (Å²) in [7, 11) is 1.84. The summed E-state index contributed by atoms with van der Waals surface area (Å²) in [5, 5.41) is 3.47. The van der Waals surface area contributed by atoms with Crippen LogP contribution in [0.1, 0.15) is 29.0 Å². The van der Waals surface area contributed by atoms with E-state index in [9.17, 15) is 9.59 Å². The molecule has 0 bridgehead atoms. The van der Waals surface area contributed by atoms with E-state index in [0.29, 0.717) is 22.3 Å². The standard InChI is InChI=1S/C21H19N3O2S/c1-24-19-18(16(12-17(25)22-19)15-10-6-3-7-11-15)20(26)23-21(24)27-13-14-8-4-2-5-9-14/h2-11,16H,12-13H2,1H3,(H,22,25). The smallest absolute Gasteiger partial charge is 0.279 e. The summed E-state index contributed by atoms with van der Waals surface area (Å²) in [4.78, 5) is 29.5. The second-order valence-electron chi connectivity index (χ2n) is 6.51. The molecule has 1 aliphatic rings. The van der Waals surface area contributed by atoms with Crippen molar-refractivity contribution < 1.29 is 4.79 Å². The van der Waals surface area contributed by atoms with E-state index in [2.05, 4.69) is 10.3 Å². The van der Waals surface area contributed by atoms with Gasteiger partial charge >= 0.3 is 0 Å². The van der Waals surface area contributed by atoms with E-state index in [1.54, 1.807) is 0 Å². The highest BCUT2D eigenvalue weighted by Crippen LogP contribution is 2.35. The Morgan fingerprint density at radius 2 is 1.74 bits per heavy atom. The Morgan fingerprint density at radius 1 is 1.07 bits per heavy atom. The zero-order valence-corrected chi connectivity index (χ0v) is 15.7. The third-order valence-electron chi connectivity index (χ3n) is 4.71. The topological polar surface area (TPSA) is 64.0 Å². The maximum absolute atomic E-state index is 12.8. The minimum atomic E-state index is -0.271. The molecule has 0 spiro atoms. The largest absolute Gasteiger partial charge is 0.312 e. The molecular weight excluding hydrogens is 358 g/mol. The van der Waals surface area contributed by atoms with E-state index in [1.807, 2.05) is 72.3 Å². The second kappa shape index (κ2) is 7.40. The van der Waals surface area contributed by atoms with Crippen molar-refractivity contribution in [1.82, 2.24) is 9.55 Å². The average Bonchev–Trinajstić information content (AvgIpc) is 2.70. The Bertz CT molecular complexity index is 1030. The van der Waals surface area contributed by atoms with E-state index < -0.39 is 0 Å². The second-order valence-corrected chi connectivity index (χ2v) is 7.45. The van der Waals surface area contributed by atoms with Crippen LogP contribution in [0.2, 0.25) is 0 Å². The minimum absolute atomic E-state index is 0.0865. The Hall–Kier alpha value is -2.86. The molecule has 1 amide bonds. The fraction of sp³-hybridized carbons (Fsp3) is 0.190. The molecule has 1 aromatic heterocycles. The van der Waals surface area contributed by atoms with E-state index in [-0.39, 0.29) is 23.8 Å². The van der Waals surface area contributed by atoms with Gasteiger partial charge in [-0.15, -0.1) is 0 Å². The minimum Gasteiger partial charge on any atom is -0.312 e. The van der Waals surface area contributed by atoms with Gasteiger partial charge in [-0.25, -0.2) is 0 Å². The number of hydrogen-bond acceptors (Lipinski definition) is 4. The SMILES string of the molecule is Cn1c(SCc2ccccc2)nc(=O)c2c1NC(=O)CC2c1ccccc1. The number of rotatable bonds is 4. The average molecular weight is 377 g/mol. The molecule has 27 heavy (non-hydrogen) atoms. The van der Waals surface area contributed by atoms with Crippen molar-refractivity contribution in [2.24, 2.45) is 7.05 Å². The fourth-order valence-electron chi connectivity index (χ4n) is 3.36. The highest BCUT2D eigenvalue weighted by Gasteiger charge is 2.31. The number of aromatic nitrogens is 2. The van der Waals surface area contributed by atoms with Crippen LogP contribution in [-0.4, -0.2) is 15.5 Å². The lowest BCUT2D eigenvalue weighted by atomic mass is 9.87. The molecular formula is C21H19N3O2S. The van der Waals surface area contributed by atoms with E-state index in [4.69, 9.17) is 0 Å². The van der Waals surface area contributed by atoms with Crippen molar-refractivity contribution in [2.45, 2.75) is 23.2 Å². The normalized spacial score (nSPS) is 15.9. The summed E-state index contributed by atoms with van der Waals surface area (Å²) >= 11 is 1.49. The first kappa shape index (κ1) is 17.5. The maximum Gasteiger partial charge on any atom is 0.279 e. The zero-order chi connectivity index (χ0) is 18.8. The number of fused-ring (bicyclic) bond motifs is 1. The summed E-state index contributed by atoms with van der Waals surface area (Å²) < 4.78 is 1.82. The van der Waals surface area contributed by atoms with Gasteiger partial charge in [0.05, 0.1) is 5.56 Å². The van der Waals surface area contributed by atoms with Crippen molar-refractivity contribution in [2.75, 3.05) is 5.32 Å². The monoisotopic (exact) mass is 377 g/mol. The van der Waals surface area contributed by atoms with Gasteiger partial charge in [-0.1, -0.05) is 72.4 Å². The van der Waals surface area contributed by atoms with Gasteiger partial charge in [0.25, 0.3) is 5.56 Å². The molecule has 0 radical (unpaired) electrons. The van der Waals surface area contributed by atoms with Crippen LogP contribution in [0.15, 0.2) is 70.6 Å². The van der Waals surface area contributed by atoms with Gasteiger partial charge in [-0.2, -0.15) is 4.98 Å². The van der Waals surface area contributed by atoms with Crippen molar-refractivity contribution in [3.05, 3.63) is 87.7 Å². The van der Waals surface area contributed by atoms with Crippen LogP contribution in [0.3, 0.4) is 0 Å². The predicted octanol–water partition coefficient (Wildman–Crippen LogP) is 3.55. The van der Waals surface area contributed by atoms with Crippen molar-refractivity contribution >= 4 is 23.5 Å². The molecule has 1 aliphatic heterocycles. The molecule has 0 saturated heterocycles. The molecule has 136 valence electrons. The van der Waals surface area contributed by atoms with Crippen LogP contribution >= 0.6 is 11.8 Å². The number of amides is 1. The highest BCUT2D eigenvalue weighted by molar-refractivity contribution is 7.98. The first-order chi connectivity index (χ1) is 13.1. The Balaban J connectivity index is 1.73. The maximum atomic E-state index is 12.8. The molecule has 2 heterocycles. The summed E-state index contributed by atoms with van der Waals surface area (Å²) in [6.07, 6.45) is 0.254. The van der Waals surface area contributed by atoms with E-state index in [0.717, 1.165) is 11.1 Å². The number of nitrogens with one attached hydrogen (secondary N) is 1. The molecule has 1 unspecified atom stereocenters. The van der Waals surface area contributed by atoms with E-state index >= 15 is 0 Å². The highest BCUT2D eigenvalue weighted by atomic mass is 32.2. The summed E-state index contributed by atoms with van der Waals surface area (Å²) in [5.74, 6) is 0.900. The van der Waals surface area contributed by atoms with Crippen molar-refractivity contribution in [3.63, 3.8) is 0 Å². The molecule has 3 aromatic rings. The fourth-order valence-corrected chi connectivity index (χ4v) is 4.28. The molecule has 0 aliphatic carbocycles. The van der Waals surface area contributed by atoms with Crippen LogP contribution in [0.5, 0.6) is 0 Å². The van der Waals surface area contributed by atoms with Crippen LogP contribution in [-0.2, 0) is 17.6 Å². The van der Waals surface area contributed by atoms with Crippen LogP contribution in [0, 0.1) is 0 Å². The first-order valence-corrected chi connectivity index (χ1v) is 9.74. The molecule has 0 saturated carbocycles. The van der Waals surface area contributed by atoms with Gasteiger partial charge in [-0.3, -0.25) is 9.59 Å². The predicted molar refractivity (Wildman–Crippen MR) is 107 cm³/mol. The third-order valence-corrected chi connectivity index (χ3v) is 5.81. The molecule has 6 heteroatoms. The lowest BCUT2D eigenvalue weighted by Crippen LogP contribution is -2.33. The van der Waals surface area contributed by atoms with Gasteiger partial charge in [-0.05, 0) is 11.1 Å².